The van der Waals surface area contributed by atoms with Crippen molar-refractivity contribution in [1.29, 1.82) is 0 Å². The second kappa shape index (κ2) is 8.14. The largest absolute Gasteiger partial charge is 0.497 e. The molecule has 0 saturated carbocycles. The van der Waals surface area contributed by atoms with Crippen molar-refractivity contribution in [2.45, 2.75) is 27.2 Å². The molecule has 0 fully saturated rings. The molecule has 0 aliphatic carbocycles. The lowest BCUT2D eigenvalue weighted by Crippen LogP contribution is -2.19. The van der Waals surface area contributed by atoms with Gasteiger partial charge in [0, 0.05) is 0 Å². The van der Waals surface area contributed by atoms with Crippen molar-refractivity contribution in [3.63, 3.8) is 0 Å². The van der Waals surface area contributed by atoms with Crippen molar-refractivity contribution < 1.29 is 13.9 Å². The van der Waals surface area contributed by atoms with E-state index in [4.69, 9.17) is 4.74 Å². The number of anilines is 1. The summed E-state index contributed by atoms with van der Waals surface area (Å²) in [6.45, 7) is 5.53. The number of hydrogen-bond acceptors (Lipinski definition) is 5. The molecular formula is C23H22FN5O2. The first kappa shape index (κ1) is 20.5. The van der Waals surface area contributed by atoms with E-state index in [-0.39, 0.29) is 11.4 Å². The first-order valence-corrected chi connectivity index (χ1v) is 9.89. The van der Waals surface area contributed by atoms with Crippen LogP contribution in [-0.2, 0) is 6.42 Å². The second-order valence-electron chi connectivity index (χ2n) is 7.21. The van der Waals surface area contributed by atoms with Gasteiger partial charge in [-0.15, -0.1) is 10.2 Å². The number of amides is 1. The summed E-state index contributed by atoms with van der Waals surface area (Å²) < 4.78 is 21.0. The monoisotopic (exact) mass is 419 g/mol. The van der Waals surface area contributed by atoms with Crippen LogP contribution in [0.25, 0.3) is 16.8 Å². The maximum absolute atomic E-state index is 14.1. The average Bonchev–Trinajstić information content (AvgIpc) is 3.15. The van der Waals surface area contributed by atoms with Crippen molar-refractivity contribution in [3.05, 3.63) is 70.9 Å². The molecule has 8 heteroatoms. The summed E-state index contributed by atoms with van der Waals surface area (Å²) in [7, 11) is 1.62. The van der Waals surface area contributed by atoms with Crippen LogP contribution in [0.4, 0.5) is 10.1 Å². The first-order valence-electron chi connectivity index (χ1n) is 9.89. The van der Waals surface area contributed by atoms with Gasteiger partial charge in [-0.3, -0.25) is 4.79 Å². The highest BCUT2D eigenvalue weighted by Gasteiger charge is 2.22. The van der Waals surface area contributed by atoms with Gasteiger partial charge >= 0.3 is 0 Å². The highest BCUT2D eigenvalue weighted by Crippen LogP contribution is 2.30. The van der Waals surface area contributed by atoms with Crippen molar-refractivity contribution in [3.8, 4) is 16.9 Å². The Bertz CT molecular complexity index is 1280. The summed E-state index contributed by atoms with van der Waals surface area (Å²) in [4.78, 5) is 12.8. The number of fused-ring (bicyclic) bond motifs is 1. The van der Waals surface area contributed by atoms with E-state index >= 15 is 0 Å². The zero-order valence-electron chi connectivity index (χ0n) is 17.7. The van der Waals surface area contributed by atoms with Crippen LogP contribution >= 0.6 is 0 Å². The fourth-order valence-corrected chi connectivity index (χ4v) is 3.46. The molecule has 0 unspecified atom stereocenters. The zero-order valence-corrected chi connectivity index (χ0v) is 17.7. The molecule has 0 aliphatic rings. The van der Waals surface area contributed by atoms with Crippen LogP contribution in [0.3, 0.4) is 0 Å². The minimum Gasteiger partial charge on any atom is -0.497 e. The van der Waals surface area contributed by atoms with E-state index in [2.05, 4.69) is 20.6 Å². The van der Waals surface area contributed by atoms with Gasteiger partial charge in [0.2, 0.25) is 0 Å². The molecule has 2 aromatic carbocycles. The van der Waals surface area contributed by atoms with Gasteiger partial charge in [-0.2, -0.15) is 5.10 Å². The summed E-state index contributed by atoms with van der Waals surface area (Å²) in [6.07, 6.45) is 0.681. The Labute approximate surface area is 178 Å². The Balaban J connectivity index is 1.76. The third-order valence-corrected chi connectivity index (χ3v) is 5.14. The van der Waals surface area contributed by atoms with Gasteiger partial charge in [-0.1, -0.05) is 25.1 Å². The van der Waals surface area contributed by atoms with Crippen LogP contribution in [0.1, 0.15) is 34.4 Å². The van der Waals surface area contributed by atoms with Gasteiger partial charge < -0.3 is 10.1 Å². The van der Waals surface area contributed by atoms with Gasteiger partial charge in [-0.05, 0) is 55.7 Å². The Kier molecular flexibility index (Phi) is 5.37. The molecule has 2 heterocycles. The molecule has 0 atom stereocenters. The van der Waals surface area contributed by atoms with Gasteiger partial charge in [0.15, 0.2) is 11.3 Å². The van der Waals surface area contributed by atoms with Crippen LogP contribution in [0, 0.1) is 19.7 Å². The normalized spacial score (nSPS) is 11.0. The van der Waals surface area contributed by atoms with Crippen molar-refractivity contribution in [2.24, 2.45) is 0 Å². The van der Waals surface area contributed by atoms with E-state index in [9.17, 15) is 9.18 Å². The number of carbonyl (C=O) groups excluding carboxylic acids is 1. The number of hydrogen-bond donors (Lipinski definition) is 1. The molecule has 31 heavy (non-hydrogen) atoms. The Hall–Kier alpha value is -3.81. The summed E-state index contributed by atoms with van der Waals surface area (Å²) in [5.74, 6) is -0.300. The third kappa shape index (κ3) is 3.72. The fourth-order valence-electron chi connectivity index (χ4n) is 3.46. The van der Waals surface area contributed by atoms with E-state index in [1.54, 1.807) is 31.5 Å². The number of carbonyl (C=O) groups is 1. The summed E-state index contributed by atoms with van der Waals surface area (Å²) in [6, 6.07) is 12.2. The summed E-state index contributed by atoms with van der Waals surface area (Å²) in [5, 5.41) is 15.7. The molecule has 0 aliphatic heterocycles. The molecule has 7 nitrogen and oxygen atoms in total. The fraction of sp³-hybridized carbons (Fsp3) is 0.217. The third-order valence-electron chi connectivity index (χ3n) is 5.14. The molecule has 158 valence electrons. The lowest BCUT2D eigenvalue weighted by molar-refractivity contribution is 0.101. The van der Waals surface area contributed by atoms with Crippen molar-refractivity contribution >= 4 is 17.2 Å². The second-order valence-corrected chi connectivity index (χ2v) is 7.21. The molecule has 0 spiro atoms. The number of rotatable bonds is 5. The Morgan fingerprint density at radius 1 is 1.13 bits per heavy atom. The number of nitrogens with zero attached hydrogens (tertiary/aromatic N) is 4. The topological polar surface area (TPSA) is 81.4 Å². The highest BCUT2D eigenvalue weighted by atomic mass is 19.1. The molecule has 4 rings (SSSR count). The van der Waals surface area contributed by atoms with E-state index in [1.165, 1.54) is 12.1 Å². The lowest BCUT2D eigenvalue weighted by atomic mass is 10.0. The smallest absolute Gasteiger partial charge is 0.278 e. The number of aryl methyl sites for hydroxylation is 3. The summed E-state index contributed by atoms with van der Waals surface area (Å²) >= 11 is 0. The van der Waals surface area contributed by atoms with Crippen LogP contribution in [0.2, 0.25) is 0 Å². The average molecular weight is 419 g/mol. The molecule has 0 saturated heterocycles. The number of halogens is 1. The van der Waals surface area contributed by atoms with Gasteiger partial charge in [0.05, 0.1) is 29.7 Å². The molecular weight excluding hydrogens is 397 g/mol. The van der Waals surface area contributed by atoms with Gasteiger partial charge in [0.25, 0.3) is 5.91 Å². The zero-order chi connectivity index (χ0) is 22.1. The minimum atomic E-state index is -0.547. The molecule has 2 aromatic heterocycles. The highest BCUT2D eigenvalue weighted by molar-refractivity contribution is 6.03. The maximum Gasteiger partial charge on any atom is 0.278 e. The molecule has 1 amide bonds. The predicted molar refractivity (Wildman–Crippen MR) is 116 cm³/mol. The van der Waals surface area contributed by atoms with Crippen LogP contribution in [0.15, 0.2) is 42.5 Å². The van der Waals surface area contributed by atoms with Gasteiger partial charge in [0.1, 0.15) is 11.6 Å². The quantitative estimate of drug-likeness (QED) is 0.519. The Morgan fingerprint density at radius 3 is 2.52 bits per heavy atom. The molecule has 0 bridgehead atoms. The first-order chi connectivity index (χ1) is 14.9. The minimum absolute atomic E-state index is 0.0823. The maximum atomic E-state index is 14.1. The van der Waals surface area contributed by atoms with Gasteiger partial charge in [-0.25, -0.2) is 8.91 Å². The standard InChI is InChI=1S/C23H22FN5O2/c1-5-18-20(15-7-9-16(31-4)10-8-15)22-27-26-21(14(3)29(22)28-18)23(30)25-19-11-6-13(2)12-17(19)24/h6-12H,5H2,1-4H3,(H,25,30). The number of ether oxygens (including phenoxy) is 1. The van der Waals surface area contributed by atoms with Crippen LogP contribution in [0.5, 0.6) is 5.75 Å². The van der Waals surface area contributed by atoms with E-state index in [1.807, 2.05) is 31.2 Å². The molecule has 1 N–H and O–H groups in total. The SMILES string of the molecule is CCc1nn2c(C)c(C(=O)Nc3ccc(C)cc3F)nnc2c1-c1ccc(OC)cc1. The van der Waals surface area contributed by atoms with E-state index in [0.29, 0.717) is 17.8 Å². The molecule has 0 radical (unpaired) electrons. The van der Waals surface area contributed by atoms with Crippen molar-refractivity contribution in [1.82, 2.24) is 19.8 Å². The predicted octanol–water partition coefficient (Wildman–Crippen LogP) is 4.37. The summed E-state index contributed by atoms with van der Waals surface area (Å²) in [5.41, 5.74) is 4.64. The van der Waals surface area contributed by atoms with Crippen molar-refractivity contribution in [2.75, 3.05) is 12.4 Å². The van der Waals surface area contributed by atoms with Crippen LogP contribution < -0.4 is 10.1 Å². The Morgan fingerprint density at radius 2 is 1.87 bits per heavy atom. The van der Waals surface area contributed by atoms with E-state index in [0.717, 1.165) is 28.1 Å². The van der Waals surface area contributed by atoms with E-state index < -0.39 is 11.7 Å². The lowest BCUT2D eigenvalue weighted by Gasteiger charge is -2.09. The van der Waals surface area contributed by atoms with Crippen LogP contribution in [-0.4, -0.2) is 32.8 Å². The number of aromatic nitrogens is 4. The number of methoxy groups -OCH3 is 1. The molecule has 4 aromatic rings. The number of nitrogens with one attached hydrogen (secondary N) is 1. The number of benzene rings is 2.